The second-order valence-electron chi connectivity index (χ2n) is 8.55. The standard InChI is InChI=1S/C21H22ClFN4O4/c1-9-16-18(27(14-5-12(14)23)8-15(19(16)28)31-21(29)30)17(22)20(25-9)26-6-10-3-2-4-13(24)11(10)7-26/h2,4,8,10-14H,3,5-7,24H2,1H3,(H,29,30)/t10-,11+,12+,13+,14-/m1/s1. The Labute approximate surface area is 182 Å². The number of nitrogens with zero attached hydrogens (tertiary/aromatic N) is 3. The quantitative estimate of drug-likeness (QED) is 0.548. The van der Waals surface area contributed by atoms with Crippen molar-refractivity contribution in [2.45, 2.75) is 38.0 Å². The molecule has 8 nitrogen and oxygen atoms in total. The molecule has 0 radical (unpaired) electrons. The van der Waals surface area contributed by atoms with Gasteiger partial charge < -0.3 is 25.0 Å². The Hall–Kier alpha value is -2.65. The largest absolute Gasteiger partial charge is 0.511 e. The Morgan fingerprint density at radius 1 is 1.42 bits per heavy atom. The van der Waals surface area contributed by atoms with Crippen molar-refractivity contribution in [1.29, 1.82) is 0 Å². The molecule has 2 aromatic heterocycles. The average Bonchev–Trinajstić information content (AvgIpc) is 3.26. The number of hydrogen-bond donors (Lipinski definition) is 2. The SMILES string of the molecule is Cc1nc(N2C[C@H]3CC=C[C@H](N)[C@H]3C2)c(Cl)c2c1c(=O)c(OC(=O)O)cn2[C@@H]1C[C@@H]1F. The first-order chi connectivity index (χ1) is 14.8. The van der Waals surface area contributed by atoms with E-state index in [0.717, 1.165) is 13.0 Å². The van der Waals surface area contributed by atoms with Gasteiger partial charge in [0.25, 0.3) is 0 Å². The number of aromatic nitrogens is 2. The normalized spacial score (nSPS) is 29.3. The van der Waals surface area contributed by atoms with Crippen molar-refractivity contribution in [2.24, 2.45) is 17.6 Å². The van der Waals surface area contributed by atoms with Crippen LogP contribution < -0.4 is 20.8 Å². The number of carbonyl (C=O) groups is 1. The summed E-state index contributed by atoms with van der Waals surface area (Å²) in [5.41, 5.74) is 6.37. The van der Waals surface area contributed by atoms with Crippen LogP contribution >= 0.6 is 11.6 Å². The van der Waals surface area contributed by atoms with Crippen LogP contribution in [0.1, 0.15) is 24.6 Å². The molecule has 0 spiro atoms. The molecule has 5 rings (SSSR count). The third-order valence-electron chi connectivity index (χ3n) is 6.56. The highest BCUT2D eigenvalue weighted by Crippen LogP contribution is 2.45. The number of fused-ring (bicyclic) bond motifs is 2. The number of carboxylic acid groups (broad SMARTS) is 1. The molecule has 164 valence electrons. The van der Waals surface area contributed by atoms with Gasteiger partial charge in [-0.3, -0.25) is 4.79 Å². The summed E-state index contributed by atoms with van der Waals surface area (Å²) in [4.78, 5) is 30.7. The fourth-order valence-corrected chi connectivity index (χ4v) is 5.28. The molecule has 1 saturated heterocycles. The number of allylic oxidation sites excluding steroid dienone is 1. The van der Waals surface area contributed by atoms with Crippen molar-refractivity contribution >= 4 is 34.5 Å². The molecule has 3 aliphatic rings. The Kier molecular flexibility index (Phi) is 4.71. The summed E-state index contributed by atoms with van der Waals surface area (Å²) in [6, 6.07) is -0.568. The second-order valence-corrected chi connectivity index (χ2v) is 8.92. The first kappa shape index (κ1) is 20.3. The van der Waals surface area contributed by atoms with E-state index in [1.807, 2.05) is 6.08 Å². The van der Waals surface area contributed by atoms with Crippen LogP contribution in [0.2, 0.25) is 5.02 Å². The Morgan fingerprint density at radius 3 is 2.81 bits per heavy atom. The summed E-state index contributed by atoms with van der Waals surface area (Å²) in [7, 11) is 0. The van der Waals surface area contributed by atoms with Crippen LogP contribution in [0.25, 0.3) is 10.9 Å². The van der Waals surface area contributed by atoms with E-state index in [1.54, 1.807) is 6.92 Å². The predicted octanol–water partition coefficient (Wildman–Crippen LogP) is 3.04. The van der Waals surface area contributed by atoms with Gasteiger partial charge in [-0.2, -0.15) is 0 Å². The number of rotatable bonds is 3. The molecule has 3 heterocycles. The van der Waals surface area contributed by atoms with Gasteiger partial charge in [0.1, 0.15) is 17.0 Å². The molecular weight excluding hydrogens is 427 g/mol. The summed E-state index contributed by atoms with van der Waals surface area (Å²) in [5, 5.41) is 9.38. The lowest BCUT2D eigenvalue weighted by molar-refractivity contribution is 0.143. The van der Waals surface area contributed by atoms with Crippen LogP contribution in [0.5, 0.6) is 5.75 Å². The maximum absolute atomic E-state index is 14.0. The first-order valence-corrected chi connectivity index (χ1v) is 10.6. The highest BCUT2D eigenvalue weighted by atomic mass is 35.5. The van der Waals surface area contributed by atoms with E-state index in [9.17, 15) is 14.0 Å². The van der Waals surface area contributed by atoms with Crippen LogP contribution in [0.15, 0.2) is 23.1 Å². The number of halogens is 2. The van der Waals surface area contributed by atoms with Gasteiger partial charge in [0, 0.05) is 25.6 Å². The third-order valence-corrected chi connectivity index (χ3v) is 6.91. The van der Waals surface area contributed by atoms with Gasteiger partial charge in [0.05, 0.1) is 28.8 Å². The van der Waals surface area contributed by atoms with Crippen LogP contribution in [-0.4, -0.2) is 46.1 Å². The van der Waals surface area contributed by atoms with E-state index in [-0.39, 0.29) is 28.8 Å². The maximum Gasteiger partial charge on any atom is 0.511 e. The van der Waals surface area contributed by atoms with Crippen molar-refractivity contribution in [3.8, 4) is 5.75 Å². The van der Waals surface area contributed by atoms with Gasteiger partial charge in [-0.1, -0.05) is 23.8 Å². The van der Waals surface area contributed by atoms with Crippen LogP contribution in [0, 0.1) is 18.8 Å². The summed E-state index contributed by atoms with van der Waals surface area (Å²) in [5.74, 6) is 0.813. The van der Waals surface area contributed by atoms with E-state index in [2.05, 4.69) is 20.7 Å². The fourth-order valence-electron chi connectivity index (χ4n) is 4.92. The molecule has 1 aliphatic heterocycles. The lowest BCUT2D eigenvalue weighted by Crippen LogP contribution is -2.35. The van der Waals surface area contributed by atoms with Gasteiger partial charge in [-0.15, -0.1) is 0 Å². The van der Waals surface area contributed by atoms with Crippen LogP contribution in [0.3, 0.4) is 0 Å². The van der Waals surface area contributed by atoms with Gasteiger partial charge >= 0.3 is 6.16 Å². The minimum absolute atomic E-state index is 0.0308. The zero-order valence-electron chi connectivity index (χ0n) is 16.8. The molecule has 1 saturated carbocycles. The molecule has 2 aliphatic carbocycles. The van der Waals surface area contributed by atoms with Gasteiger partial charge in [0.2, 0.25) is 5.43 Å². The number of anilines is 1. The second kappa shape index (κ2) is 7.20. The lowest BCUT2D eigenvalue weighted by atomic mass is 9.83. The molecule has 0 unspecified atom stereocenters. The van der Waals surface area contributed by atoms with Gasteiger partial charge in [-0.05, 0) is 25.2 Å². The zero-order chi connectivity index (χ0) is 22.0. The van der Waals surface area contributed by atoms with Crippen molar-refractivity contribution in [3.05, 3.63) is 39.3 Å². The maximum atomic E-state index is 14.0. The summed E-state index contributed by atoms with van der Waals surface area (Å²) < 4.78 is 20.2. The van der Waals surface area contributed by atoms with E-state index in [4.69, 9.17) is 22.4 Å². The molecule has 0 aromatic carbocycles. The number of ether oxygens (including phenoxy) is 1. The van der Waals surface area contributed by atoms with Crippen molar-refractivity contribution < 1.29 is 19.0 Å². The molecule has 2 aromatic rings. The topological polar surface area (TPSA) is 111 Å². The number of alkyl halides is 1. The Balaban J connectivity index is 1.67. The van der Waals surface area contributed by atoms with Crippen molar-refractivity contribution in [2.75, 3.05) is 18.0 Å². The summed E-state index contributed by atoms with van der Waals surface area (Å²) in [6.45, 7) is 3.09. The monoisotopic (exact) mass is 448 g/mol. The van der Waals surface area contributed by atoms with Crippen LogP contribution in [-0.2, 0) is 0 Å². The average molecular weight is 449 g/mol. The third kappa shape index (κ3) is 3.27. The molecule has 10 heteroatoms. The van der Waals surface area contributed by atoms with Crippen LogP contribution in [0.4, 0.5) is 15.0 Å². The molecule has 5 atom stereocenters. The van der Waals surface area contributed by atoms with E-state index in [1.165, 1.54) is 10.8 Å². The van der Waals surface area contributed by atoms with E-state index >= 15 is 0 Å². The molecule has 3 N–H and O–H groups in total. The summed E-state index contributed by atoms with van der Waals surface area (Å²) in [6.07, 6.45) is 3.84. The molecule has 2 fully saturated rings. The van der Waals surface area contributed by atoms with Gasteiger partial charge in [0.15, 0.2) is 5.75 Å². The molecule has 0 bridgehead atoms. The number of aryl methyl sites for hydroxylation is 1. The first-order valence-electron chi connectivity index (χ1n) is 10.2. The van der Waals surface area contributed by atoms with Gasteiger partial charge in [-0.25, -0.2) is 14.2 Å². The molecular formula is C21H22ClFN4O4. The summed E-state index contributed by atoms with van der Waals surface area (Å²) >= 11 is 6.79. The highest BCUT2D eigenvalue weighted by molar-refractivity contribution is 6.37. The van der Waals surface area contributed by atoms with E-state index < -0.39 is 29.5 Å². The Morgan fingerprint density at radius 2 is 2.16 bits per heavy atom. The minimum atomic E-state index is -1.62. The highest BCUT2D eigenvalue weighted by Gasteiger charge is 2.42. The predicted molar refractivity (Wildman–Crippen MR) is 114 cm³/mol. The Bertz CT molecular complexity index is 1180. The smallest absolute Gasteiger partial charge is 0.449 e. The number of pyridine rings is 2. The van der Waals surface area contributed by atoms with E-state index in [0.29, 0.717) is 29.5 Å². The zero-order valence-corrected chi connectivity index (χ0v) is 17.6. The van der Waals surface area contributed by atoms with Crippen molar-refractivity contribution in [3.63, 3.8) is 0 Å². The fraction of sp³-hybridized carbons (Fsp3) is 0.476. The number of nitrogens with two attached hydrogens (primary N) is 1. The molecule has 0 amide bonds. The lowest BCUT2D eigenvalue weighted by Gasteiger charge is -2.25. The minimum Gasteiger partial charge on any atom is -0.449 e. The van der Waals surface area contributed by atoms with Crippen molar-refractivity contribution in [1.82, 2.24) is 9.55 Å². The molecule has 31 heavy (non-hydrogen) atoms. The number of hydrogen-bond acceptors (Lipinski definition) is 6.